The Bertz CT molecular complexity index is 577. The van der Waals surface area contributed by atoms with Gasteiger partial charge in [0.15, 0.2) is 0 Å². The number of ether oxygens (including phenoxy) is 1. The largest absolute Gasteiger partial charge is 0.480 e. The molecule has 1 heterocycles. The molecule has 0 amide bonds. The van der Waals surface area contributed by atoms with Gasteiger partial charge in [0.1, 0.15) is 5.82 Å². The van der Waals surface area contributed by atoms with Gasteiger partial charge in [0, 0.05) is 11.1 Å². The highest BCUT2D eigenvalue weighted by atomic mass is 35.5. The molecule has 1 N–H and O–H groups in total. The maximum absolute atomic E-state index is 13.0. The third-order valence-electron chi connectivity index (χ3n) is 3.01. The first-order valence-electron chi connectivity index (χ1n) is 6.13. The van der Waals surface area contributed by atoms with Crippen molar-refractivity contribution in [3.8, 4) is 5.88 Å². The normalized spacial score (nSPS) is 12.2. The molecule has 0 saturated carbocycles. The maximum atomic E-state index is 13.0. The zero-order valence-corrected chi connectivity index (χ0v) is 12.0. The van der Waals surface area contributed by atoms with Crippen LogP contribution < -0.4 is 10.1 Å². The molecule has 0 bridgehead atoms. The first-order chi connectivity index (χ1) is 9.63. The van der Waals surface area contributed by atoms with Gasteiger partial charge in [-0.25, -0.2) is 4.39 Å². The minimum atomic E-state index is -0.344. The summed E-state index contributed by atoms with van der Waals surface area (Å²) >= 11 is 6.04. The molecular weight excluding hydrogens is 281 g/mol. The summed E-state index contributed by atoms with van der Waals surface area (Å²) in [4.78, 5) is 0. The smallest absolute Gasteiger partial charge is 0.233 e. The average Bonchev–Trinajstić information content (AvgIpc) is 2.47. The first kappa shape index (κ1) is 14.7. The predicted octanol–water partition coefficient (Wildman–Crippen LogP) is 2.78. The summed E-state index contributed by atoms with van der Waals surface area (Å²) in [6.07, 6.45) is 0.594. The summed E-state index contributed by atoms with van der Waals surface area (Å²) in [5, 5.41) is 11.6. The molecule has 1 aromatic heterocycles. The molecule has 0 aliphatic heterocycles. The Morgan fingerprint density at radius 3 is 2.65 bits per heavy atom. The lowest BCUT2D eigenvalue weighted by molar-refractivity contribution is 0.389. The highest BCUT2D eigenvalue weighted by Gasteiger charge is 2.14. The Labute approximate surface area is 121 Å². The number of rotatable bonds is 5. The number of halogens is 2. The second kappa shape index (κ2) is 6.63. The molecule has 1 unspecified atom stereocenters. The third-order valence-corrected chi connectivity index (χ3v) is 3.37. The van der Waals surface area contributed by atoms with Crippen LogP contribution in [0.1, 0.15) is 17.3 Å². The standard InChI is InChI=1S/C14H15ClFN3O/c1-17-13(12-5-6-14(20-2)19-18-12)7-9-3-4-10(16)8-11(9)15/h3-6,8,13,17H,7H2,1-2H3. The lowest BCUT2D eigenvalue weighted by Crippen LogP contribution is -2.20. The molecule has 2 rings (SSSR count). The van der Waals surface area contributed by atoms with E-state index in [9.17, 15) is 4.39 Å². The van der Waals surface area contributed by atoms with Crippen molar-refractivity contribution < 1.29 is 9.13 Å². The fourth-order valence-corrected chi connectivity index (χ4v) is 2.13. The average molecular weight is 296 g/mol. The van der Waals surface area contributed by atoms with Crippen LogP contribution in [-0.2, 0) is 6.42 Å². The molecule has 1 aromatic carbocycles. The van der Waals surface area contributed by atoms with E-state index in [0.29, 0.717) is 17.3 Å². The van der Waals surface area contributed by atoms with Gasteiger partial charge >= 0.3 is 0 Å². The van der Waals surface area contributed by atoms with Crippen molar-refractivity contribution in [2.24, 2.45) is 0 Å². The summed E-state index contributed by atoms with van der Waals surface area (Å²) in [5.41, 5.74) is 1.62. The predicted molar refractivity (Wildman–Crippen MR) is 75.5 cm³/mol. The van der Waals surface area contributed by atoms with E-state index in [0.717, 1.165) is 11.3 Å². The topological polar surface area (TPSA) is 47.0 Å². The number of nitrogens with one attached hydrogen (secondary N) is 1. The molecule has 2 aromatic rings. The molecule has 0 radical (unpaired) electrons. The Balaban J connectivity index is 2.19. The summed E-state index contributed by atoms with van der Waals surface area (Å²) < 4.78 is 18.0. The monoisotopic (exact) mass is 295 g/mol. The molecule has 106 valence electrons. The van der Waals surface area contributed by atoms with Gasteiger partial charge in [-0.1, -0.05) is 17.7 Å². The molecule has 20 heavy (non-hydrogen) atoms. The van der Waals surface area contributed by atoms with Crippen molar-refractivity contribution in [3.05, 3.63) is 52.4 Å². The van der Waals surface area contributed by atoms with E-state index in [4.69, 9.17) is 16.3 Å². The van der Waals surface area contributed by atoms with Gasteiger partial charge in [-0.15, -0.1) is 5.10 Å². The van der Waals surface area contributed by atoms with E-state index < -0.39 is 0 Å². The Morgan fingerprint density at radius 1 is 1.30 bits per heavy atom. The van der Waals surface area contributed by atoms with Gasteiger partial charge in [0.25, 0.3) is 0 Å². The van der Waals surface area contributed by atoms with Gasteiger partial charge in [0.2, 0.25) is 5.88 Å². The van der Waals surface area contributed by atoms with E-state index in [1.54, 1.807) is 12.1 Å². The van der Waals surface area contributed by atoms with Crippen molar-refractivity contribution in [1.29, 1.82) is 0 Å². The highest BCUT2D eigenvalue weighted by molar-refractivity contribution is 6.31. The van der Waals surface area contributed by atoms with Crippen LogP contribution in [0.25, 0.3) is 0 Å². The zero-order chi connectivity index (χ0) is 14.5. The first-order valence-corrected chi connectivity index (χ1v) is 6.50. The minimum absolute atomic E-state index is 0.0589. The van der Waals surface area contributed by atoms with E-state index in [1.807, 2.05) is 13.1 Å². The van der Waals surface area contributed by atoms with Crippen molar-refractivity contribution in [1.82, 2.24) is 15.5 Å². The SMILES string of the molecule is CNC(Cc1ccc(F)cc1Cl)c1ccc(OC)nn1. The Hall–Kier alpha value is -1.72. The van der Waals surface area contributed by atoms with Crippen LogP contribution in [0.2, 0.25) is 5.02 Å². The summed E-state index contributed by atoms with van der Waals surface area (Å²) in [6, 6.07) is 7.91. The lowest BCUT2D eigenvalue weighted by Gasteiger charge is -2.16. The van der Waals surface area contributed by atoms with Crippen LogP contribution in [0.5, 0.6) is 5.88 Å². The quantitative estimate of drug-likeness (QED) is 0.921. The van der Waals surface area contributed by atoms with Gasteiger partial charge in [-0.2, -0.15) is 5.10 Å². The molecule has 0 saturated heterocycles. The minimum Gasteiger partial charge on any atom is -0.480 e. The van der Waals surface area contributed by atoms with E-state index >= 15 is 0 Å². The molecule has 4 nitrogen and oxygen atoms in total. The Morgan fingerprint density at radius 2 is 2.10 bits per heavy atom. The molecule has 0 aliphatic carbocycles. The van der Waals surface area contributed by atoms with E-state index in [2.05, 4.69) is 15.5 Å². The Kier molecular flexibility index (Phi) is 4.87. The van der Waals surface area contributed by atoms with Crippen LogP contribution in [-0.4, -0.2) is 24.4 Å². The van der Waals surface area contributed by atoms with Crippen molar-refractivity contribution >= 4 is 11.6 Å². The molecular formula is C14H15ClFN3O. The number of nitrogens with zero attached hydrogens (tertiary/aromatic N) is 2. The molecule has 1 atom stereocenters. The zero-order valence-electron chi connectivity index (χ0n) is 11.2. The molecule has 0 fully saturated rings. The highest BCUT2D eigenvalue weighted by Crippen LogP contribution is 2.23. The summed E-state index contributed by atoms with van der Waals surface area (Å²) in [6.45, 7) is 0. The fraction of sp³-hybridized carbons (Fsp3) is 0.286. The van der Waals surface area contributed by atoms with E-state index in [-0.39, 0.29) is 11.9 Å². The summed E-state index contributed by atoms with van der Waals surface area (Å²) in [7, 11) is 3.37. The molecule has 0 aliphatic rings. The van der Waals surface area contributed by atoms with E-state index in [1.165, 1.54) is 19.2 Å². The van der Waals surface area contributed by atoms with Crippen molar-refractivity contribution in [2.45, 2.75) is 12.5 Å². The van der Waals surface area contributed by atoms with Crippen LogP contribution >= 0.6 is 11.6 Å². The molecule has 6 heteroatoms. The number of benzene rings is 1. The van der Waals surface area contributed by atoms with Crippen molar-refractivity contribution in [2.75, 3.05) is 14.2 Å². The van der Waals surface area contributed by atoms with Crippen molar-refractivity contribution in [3.63, 3.8) is 0 Å². The van der Waals surface area contributed by atoms with Gasteiger partial charge in [-0.05, 0) is 37.2 Å². The van der Waals surface area contributed by atoms with Gasteiger partial charge in [-0.3, -0.25) is 0 Å². The van der Waals surface area contributed by atoms with Crippen LogP contribution in [0, 0.1) is 5.82 Å². The van der Waals surface area contributed by atoms with Crippen LogP contribution in [0.3, 0.4) is 0 Å². The van der Waals surface area contributed by atoms with Gasteiger partial charge < -0.3 is 10.1 Å². The number of hydrogen-bond acceptors (Lipinski definition) is 4. The second-order valence-corrected chi connectivity index (χ2v) is 4.69. The number of likely N-dealkylation sites (N-methyl/N-ethyl adjacent to an activating group) is 1. The number of aromatic nitrogens is 2. The number of hydrogen-bond donors (Lipinski definition) is 1. The summed E-state index contributed by atoms with van der Waals surface area (Å²) in [5.74, 6) is 0.118. The number of methoxy groups -OCH3 is 1. The fourth-order valence-electron chi connectivity index (χ4n) is 1.89. The lowest BCUT2D eigenvalue weighted by atomic mass is 10.0. The maximum Gasteiger partial charge on any atom is 0.233 e. The van der Waals surface area contributed by atoms with Crippen LogP contribution in [0.15, 0.2) is 30.3 Å². The van der Waals surface area contributed by atoms with Crippen LogP contribution in [0.4, 0.5) is 4.39 Å². The second-order valence-electron chi connectivity index (χ2n) is 4.28. The third kappa shape index (κ3) is 3.43. The van der Waals surface area contributed by atoms with Gasteiger partial charge in [0.05, 0.1) is 18.8 Å². The molecule has 0 spiro atoms.